The highest BCUT2D eigenvalue weighted by Crippen LogP contribution is 2.25. The standard InChI is InChI=1S/C24H30F2N4O2/c1-28(16-18-2-4-20(5-3-18)29-10-12-32-13-11-29)24(31)27-15-19-8-9-30(17-19)21-6-7-22(25)23(26)14-21/h2-7,14,19H,8-13,15-17H2,1H3,(H,27,31). The van der Waals surface area contributed by atoms with Crippen molar-refractivity contribution in [2.24, 2.45) is 5.92 Å². The summed E-state index contributed by atoms with van der Waals surface area (Å²) in [6.07, 6.45) is 0.895. The van der Waals surface area contributed by atoms with Crippen LogP contribution in [-0.2, 0) is 11.3 Å². The third kappa shape index (κ3) is 5.48. The van der Waals surface area contributed by atoms with E-state index in [-0.39, 0.29) is 11.9 Å². The molecule has 6 nitrogen and oxygen atoms in total. The lowest BCUT2D eigenvalue weighted by molar-refractivity contribution is 0.122. The van der Waals surface area contributed by atoms with Gasteiger partial charge in [-0.05, 0) is 42.2 Å². The second-order valence-corrected chi connectivity index (χ2v) is 8.51. The second kappa shape index (κ2) is 10.2. The summed E-state index contributed by atoms with van der Waals surface area (Å²) < 4.78 is 32.1. The zero-order valence-electron chi connectivity index (χ0n) is 18.4. The van der Waals surface area contributed by atoms with E-state index in [4.69, 9.17) is 4.74 Å². The Morgan fingerprint density at radius 2 is 1.75 bits per heavy atom. The van der Waals surface area contributed by atoms with E-state index in [0.717, 1.165) is 50.9 Å². The molecule has 2 amide bonds. The summed E-state index contributed by atoms with van der Waals surface area (Å²) in [7, 11) is 1.79. The average molecular weight is 445 g/mol. The fourth-order valence-electron chi connectivity index (χ4n) is 4.26. The molecule has 2 aromatic rings. The maximum Gasteiger partial charge on any atom is 0.317 e. The van der Waals surface area contributed by atoms with Crippen molar-refractivity contribution in [2.75, 3.05) is 62.8 Å². The molecule has 0 aromatic heterocycles. The normalized spacial score (nSPS) is 18.7. The average Bonchev–Trinajstić information content (AvgIpc) is 3.29. The third-order valence-electron chi connectivity index (χ3n) is 6.18. The summed E-state index contributed by atoms with van der Waals surface area (Å²) in [4.78, 5) is 18.5. The monoisotopic (exact) mass is 444 g/mol. The summed E-state index contributed by atoms with van der Waals surface area (Å²) >= 11 is 0. The summed E-state index contributed by atoms with van der Waals surface area (Å²) in [5, 5.41) is 3.00. The van der Waals surface area contributed by atoms with Gasteiger partial charge in [-0.2, -0.15) is 0 Å². The first-order valence-corrected chi connectivity index (χ1v) is 11.1. The van der Waals surface area contributed by atoms with Crippen LogP contribution in [0.25, 0.3) is 0 Å². The van der Waals surface area contributed by atoms with E-state index in [1.54, 1.807) is 18.0 Å². The Balaban J connectivity index is 1.22. The molecule has 0 saturated carbocycles. The van der Waals surface area contributed by atoms with Crippen LogP contribution in [0.3, 0.4) is 0 Å². The Morgan fingerprint density at radius 3 is 2.47 bits per heavy atom. The molecule has 2 saturated heterocycles. The lowest BCUT2D eigenvalue weighted by Gasteiger charge is -2.29. The van der Waals surface area contributed by atoms with Gasteiger partial charge in [0, 0.05) is 63.8 Å². The van der Waals surface area contributed by atoms with Gasteiger partial charge in [-0.3, -0.25) is 0 Å². The van der Waals surface area contributed by atoms with Crippen molar-refractivity contribution in [3.63, 3.8) is 0 Å². The van der Waals surface area contributed by atoms with Gasteiger partial charge in [-0.1, -0.05) is 12.1 Å². The zero-order valence-corrected chi connectivity index (χ0v) is 18.4. The molecule has 172 valence electrons. The van der Waals surface area contributed by atoms with Crippen LogP contribution in [0.4, 0.5) is 25.0 Å². The van der Waals surface area contributed by atoms with Gasteiger partial charge >= 0.3 is 6.03 Å². The summed E-state index contributed by atoms with van der Waals surface area (Å²) in [6, 6.07) is 12.2. The number of amides is 2. The molecule has 1 N–H and O–H groups in total. The van der Waals surface area contributed by atoms with Crippen LogP contribution in [0, 0.1) is 17.6 Å². The molecule has 8 heteroatoms. The maximum atomic E-state index is 13.5. The highest BCUT2D eigenvalue weighted by molar-refractivity contribution is 5.73. The predicted molar refractivity (Wildman–Crippen MR) is 121 cm³/mol. The van der Waals surface area contributed by atoms with Crippen molar-refractivity contribution in [3.8, 4) is 0 Å². The van der Waals surface area contributed by atoms with E-state index in [1.165, 1.54) is 11.8 Å². The first-order valence-electron chi connectivity index (χ1n) is 11.1. The van der Waals surface area contributed by atoms with Crippen LogP contribution in [0.1, 0.15) is 12.0 Å². The van der Waals surface area contributed by atoms with E-state index in [1.807, 2.05) is 4.90 Å². The van der Waals surface area contributed by atoms with E-state index >= 15 is 0 Å². The molecule has 4 rings (SSSR count). The number of hydrogen-bond acceptors (Lipinski definition) is 4. The summed E-state index contributed by atoms with van der Waals surface area (Å²) in [6.45, 7) is 5.86. The number of carbonyl (C=O) groups excluding carboxylic acids is 1. The van der Waals surface area contributed by atoms with Gasteiger partial charge in [-0.25, -0.2) is 13.6 Å². The van der Waals surface area contributed by atoms with Crippen LogP contribution in [0.15, 0.2) is 42.5 Å². The lowest BCUT2D eigenvalue weighted by Crippen LogP contribution is -2.39. The fraction of sp³-hybridized carbons (Fsp3) is 0.458. The van der Waals surface area contributed by atoms with Crippen LogP contribution in [-0.4, -0.2) is 63.9 Å². The van der Waals surface area contributed by atoms with Crippen molar-refractivity contribution in [1.82, 2.24) is 10.2 Å². The topological polar surface area (TPSA) is 48.1 Å². The van der Waals surface area contributed by atoms with Crippen molar-refractivity contribution in [3.05, 3.63) is 59.7 Å². The molecule has 2 aliphatic heterocycles. The lowest BCUT2D eigenvalue weighted by atomic mass is 10.1. The Morgan fingerprint density at radius 1 is 1.03 bits per heavy atom. The molecule has 2 heterocycles. The van der Waals surface area contributed by atoms with E-state index in [0.29, 0.717) is 25.3 Å². The molecule has 0 aliphatic carbocycles. The molecule has 2 fully saturated rings. The number of hydrogen-bond donors (Lipinski definition) is 1. The van der Waals surface area contributed by atoms with Crippen molar-refractivity contribution in [2.45, 2.75) is 13.0 Å². The van der Waals surface area contributed by atoms with Crippen LogP contribution in [0.2, 0.25) is 0 Å². The Bertz CT molecular complexity index is 919. The quantitative estimate of drug-likeness (QED) is 0.741. The van der Waals surface area contributed by atoms with Gasteiger partial charge in [0.1, 0.15) is 0 Å². The van der Waals surface area contributed by atoms with Gasteiger partial charge in [-0.15, -0.1) is 0 Å². The molecule has 0 spiro atoms. The molecule has 0 radical (unpaired) electrons. The Hall–Kier alpha value is -2.87. The minimum atomic E-state index is -0.837. The van der Waals surface area contributed by atoms with Gasteiger partial charge in [0.2, 0.25) is 0 Å². The largest absolute Gasteiger partial charge is 0.378 e. The molecule has 0 bridgehead atoms. The number of morpholine rings is 1. The third-order valence-corrected chi connectivity index (χ3v) is 6.18. The Labute approximate surface area is 187 Å². The van der Waals surface area contributed by atoms with Crippen LogP contribution >= 0.6 is 0 Å². The molecule has 1 unspecified atom stereocenters. The number of halogens is 2. The number of nitrogens with zero attached hydrogens (tertiary/aromatic N) is 3. The molecule has 1 atom stereocenters. The first-order chi connectivity index (χ1) is 15.5. The number of nitrogens with one attached hydrogen (secondary N) is 1. The van der Waals surface area contributed by atoms with Gasteiger partial charge in [0.15, 0.2) is 11.6 Å². The van der Waals surface area contributed by atoms with Crippen LogP contribution in [0.5, 0.6) is 0 Å². The number of anilines is 2. The SMILES string of the molecule is CN(Cc1ccc(N2CCOCC2)cc1)C(=O)NCC1CCN(c2ccc(F)c(F)c2)C1. The number of rotatable bonds is 6. The van der Waals surface area contributed by atoms with Crippen molar-refractivity contribution in [1.29, 1.82) is 0 Å². The first kappa shape index (κ1) is 22.3. The van der Waals surface area contributed by atoms with Gasteiger partial charge < -0.3 is 24.8 Å². The molecular weight excluding hydrogens is 414 g/mol. The molecule has 2 aromatic carbocycles. The fourth-order valence-corrected chi connectivity index (χ4v) is 4.26. The minimum absolute atomic E-state index is 0.117. The second-order valence-electron chi connectivity index (χ2n) is 8.51. The zero-order chi connectivity index (χ0) is 22.5. The number of urea groups is 1. The van der Waals surface area contributed by atoms with E-state index in [9.17, 15) is 13.6 Å². The van der Waals surface area contributed by atoms with Crippen LogP contribution < -0.4 is 15.1 Å². The highest BCUT2D eigenvalue weighted by Gasteiger charge is 2.24. The van der Waals surface area contributed by atoms with Crippen molar-refractivity contribution < 1.29 is 18.3 Å². The summed E-state index contributed by atoms with van der Waals surface area (Å²) in [5.41, 5.74) is 2.93. The van der Waals surface area contributed by atoms with Gasteiger partial charge in [0.25, 0.3) is 0 Å². The number of ether oxygens (including phenoxy) is 1. The number of carbonyl (C=O) groups is 1. The minimum Gasteiger partial charge on any atom is -0.378 e. The van der Waals surface area contributed by atoms with Gasteiger partial charge in [0.05, 0.1) is 13.2 Å². The predicted octanol–water partition coefficient (Wildman–Crippen LogP) is 3.47. The van der Waals surface area contributed by atoms with Crippen molar-refractivity contribution >= 4 is 17.4 Å². The maximum absolute atomic E-state index is 13.5. The molecule has 2 aliphatic rings. The summed E-state index contributed by atoms with van der Waals surface area (Å²) in [5.74, 6) is -1.40. The number of benzene rings is 2. The van der Waals surface area contributed by atoms with E-state index < -0.39 is 11.6 Å². The highest BCUT2D eigenvalue weighted by atomic mass is 19.2. The molecule has 32 heavy (non-hydrogen) atoms. The smallest absolute Gasteiger partial charge is 0.317 e. The van der Waals surface area contributed by atoms with E-state index in [2.05, 4.69) is 34.5 Å². The molecular formula is C24H30F2N4O2. The Kier molecular flexibility index (Phi) is 7.09.